The smallest absolute Gasteiger partial charge is 0.330 e. The fourth-order valence-corrected chi connectivity index (χ4v) is 4.06. The number of hydrogen-bond donors (Lipinski definition) is 0. The maximum atomic E-state index is 12.6. The molecule has 0 aromatic heterocycles. The van der Waals surface area contributed by atoms with Gasteiger partial charge in [-0.25, -0.2) is 9.59 Å². The number of allylic oxidation sites excluding steroid dienone is 2. The van der Waals surface area contributed by atoms with Crippen LogP contribution in [0.15, 0.2) is 41.6 Å². The van der Waals surface area contributed by atoms with Crippen LogP contribution in [-0.2, 0) is 19.1 Å². The van der Waals surface area contributed by atoms with Crippen molar-refractivity contribution >= 4 is 25.6 Å². The molecular formula is C19H26O5Si. The Kier molecular flexibility index (Phi) is 7.64. The molecule has 0 amide bonds. The van der Waals surface area contributed by atoms with Gasteiger partial charge in [0, 0.05) is 11.3 Å². The molecule has 0 aliphatic carbocycles. The van der Waals surface area contributed by atoms with Crippen LogP contribution in [0.3, 0.4) is 0 Å². The van der Waals surface area contributed by atoms with Gasteiger partial charge in [-0.05, 0) is 36.3 Å². The van der Waals surface area contributed by atoms with Crippen LogP contribution in [0.4, 0.5) is 0 Å². The van der Waals surface area contributed by atoms with E-state index in [4.69, 9.17) is 9.47 Å². The highest BCUT2D eigenvalue weighted by Gasteiger charge is 2.30. The van der Waals surface area contributed by atoms with Gasteiger partial charge >= 0.3 is 11.9 Å². The van der Waals surface area contributed by atoms with Gasteiger partial charge in [-0.15, -0.1) is 0 Å². The van der Waals surface area contributed by atoms with Crippen LogP contribution in [0, 0.1) is 0 Å². The van der Waals surface area contributed by atoms with Crippen molar-refractivity contribution in [3.63, 3.8) is 0 Å². The molecule has 25 heavy (non-hydrogen) atoms. The molecule has 0 N–H and O–H groups in total. The first kappa shape index (κ1) is 20.7. The molecule has 1 aromatic rings. The molecule has 0 heterocycles. The molecule has 0 saturated carbocycles. The highest BCUT2D eigenvalue weighted by molar-refractivity contribution is 6.88. The molecule has 0 saturated heterocycles. The van der Waals surface area contributed by atoms with Crippen molar-refractivity contribution in [3.8, 4) is 5.75 Å². The SMILES string of the molecule is CCOC(=O)C(=C(C=CC(=O)OC)c1ccc(OC)cc1)[Si](C)(C)C. The summed E-state index contributed by atoms with van der Waals surface area (Å²) in [5.74, 6) is -0.113. The van der Waals surface area contributed by atoms with Crippen LogP contribution in [0.1, 0.15) is 12.5 Å². The van der Waals surface area contributed by atoms with E-state index in [0.717, 1.165) is 5.56 Å². The van der Waals surface area contributed by atoms with Crippen LogP contribution in [0.5, 0.6) is 5.75 Å². The second kappa shape index (κ2) is 9.22. The lowest BCUT2D eigenvalue weighted by Crippen LogP contribution is -2.32. The Balaban J connectivity index is 3.60. The van der Waals surface area contributed by atoms with Crippen molar-refractivity contribution in [1.29, 1.82) is 0 Å². The first-order chi connectivity index (χ1) is 11.7. The minimum atomic E-state index is -2.07. The van der Waals surface area contributed by atoms with E-state index < -0.39 is 14.0 Å². The summed E-state index contributed by atoms with van der Waals surface area (Å²) in [5.41, 5.74) is 1.48. The van der Waals surface area contributed by atoms with E-state index in [0.29, 0.717) is 23.1 Å². The molecule has 136 valence electrons. The second-order valence-electron chi connectivity index (χ2n) is 6.34. The van der Waals surface area contributed by atoms with E-state index in [2.05, 4.69) is 24.4 Å². The first-order valence-electron chi connectivity index (χ1n) is 8.06. The standard InChI is InChI=1S/C19H26O5Si/c1-7-24-19(21)18(25(4,5)6)16(12-13-17(20)23-3)14-8-10-15(22-2)11-9-14/h8-13H,7H2,1-6H3. The van der Waals surface area contributed by atoms with Gasteiger partial charge in [0.05, 0.1) is 28.9 Å². The van der Waals surface area contributed by atoms with Gasteiger partial charge in [-0.1, -0.05) is 31.8 Å². The largest absolute Gasteiger partial charge is 0.497 e. The molecule has 0 unspecified atom stereocenters. The quantitative estimate of drug-likeness (QED) is 0.321. The maximum Gasteiger partial charge on any atom is 0.330 e. The predicted octanol–water partition coefficient (Wildman–Crippen LogP) is 3.62. The summed E-state index contributed by atoms with van der Waals surface area (Å²) < 4.78 is 15.1. The predicted molar refractivity (Wildman–Crippen MR) is 101 cm³/mol. The summed E-state index contributed by atoms with van der Waals surface area (Å²) in [7, 11) is 0.840. The van der Waals surface area contributed by atoms with Crippen molar-refractivity contribution in [2.45, 2.75) is 26.6 Å². The van der Waals surface area contributed by atoms with Crippen molar-refractivity contribution < 1.29 is 23.8 Å². The fourth-order valence-electron chi connectivity index (χ4n) is 2.34. The Morgan fingerprint density at radius 3 is 2.08 bits per heavy atom. The van der Waals surface area contributed by atoms with Gasteiger partial charge in [-0.3, -0.25) is 0 Å². The third-order valence-electron chi connectivity index (χ3n) is 3.49. The fraction of sp³-hybridized carbons (Fsp3) is 0.368. The first-order valence-corrected chi connectivity index (χ1v) is 11.6. The average Bonchev–Trinajstić information content (AvgIpc) is 2.57. The summed E-state index contributed by atoms with van der Waals surface area (Å²) in [4.78, 5) is 24.2. The third-order valence-corrected chi connectivity index (χ3v) is 5.46. The van der Waals surface area contributed by atoms with E-state index in [1.807, 2.05) is 24.3 Å². The zero-order valence-electron chi connectivity index (χ0n) is 15.7. The Bertz CT molecular complexity index is 666. The highest BCUT2D eigenvalue weighted by atomic mass is 28.3. The van der Waals surface area contributed by atoms with Crippen molar-refractivity contribution in [3.05, 3.63) is 47.2 Å². The Morgan fingerprint density at radius 2 is 1.64 bits per heavy atom. The Labute approximate surface area is 150 Å². The molecule has 0 bridgehead atoms. The summed E-state index contributed by atoms with van der Waals surface area (Å²) in [6.07, 6.45) is 2.94. The van der Waals surface area contributed by atoms with E-state index in [1.165, 1.54) is 13.2 Å². The molecule has 0 atom stereocenters. The summed E-state index contributed by atoms with van der Waals surface area (Å²) in [6, 6.07) is 7.34. The van der Waals surface area contributed by atoms with E-state index in [1.54, 1.807) is 20.1 Å². The lowest BCUT2D eigenvalue weighted by atomic mass is 10.0. The van der Waals surface area contributed by atoms with Gasteiger partial charge in [-0.2, -0.15) is 0 Å². The third kappa shape index (κ3) is 5.90. The topological polar surface area (TPSA) is 61.8 Å². The Morgan fingerprint density at radius 1 is 1.04 bits per heavy atom. The highest BCUT2D eigenvalue weighted by Crippen LogP contribution is 2.29. The number of benzene rings is 1. The number of ether oxygens (including phenoxy) is 3. The molecule has 5 nitrogen and oxygen atoms in total. The van der Waals surface area contributed by atoms with Crippen molar-refractivity contribution in [1.82, 2.24) is 0 Å². The van der Waals surface area contributed by atoms with Crippen LogP contribution in [-0.4, -0.2) is 40.8 Å². The number of hydrogen-bond acceptors (Lipinski definition) is 5. The number of carbonyl (C=O) groups excluding carboxylic acids is 2. The molecular weight excluding hydrogens is 336 g/mol. The van der Waals surface area contributed by atoms with Gasteiger partial charge < -0.3 is 14.2 Å². The molecule has 0 spiro atoms. The molecule has 0 radical (unpaired) electrons. The van der Waals surface area contributed by atoms with Crippen LogP contribution >= 0.6 is 0 Å². The van der Waals surface area contributed by atoms with E-state index in [9.17, 15) is 9.59 Å². The van der Waals surface area contributed by atoms with E-state index in [-0.39, 0.29) is 5.97 Å². The molecule has 6 heteroatoms. The number of rotatable bonds is 7. The number of carbonyl (C=O) groups is 2. The number of esters is 2. The zero-order chi connectivity index (χ0) is 19.0. The maximum absolute atomic E-state index is 12.6. The van der Waals surface area contributed by atoms with Gasteiger partial charge in [0.2, 0.25) is 0 Å². The average molecular weight is 362 g/mol. The normalized spacial score (nSPS) is 12.6. The number of methoxy groups -OCH3 is 2. The summed E-state index contributed by atoms with van der Waals surface area (Å²) in [5, 5.41) is 0.625. The Hall–Kier alpha value is -2.34. The molecule has 1 rings (SSSR count). The van der Waals surface area contributed by atoms with Crippen LogP contribution in [0.25, 0.3) is 5.57 Å². The minimum Gasteiger partial charge on any atom is -0.497 e. The van der Waals surface area contributed by atoms with Crippen LogP contribution < -0.4 is 4.74 Å². The summed E-state index contributed by atoms with van der Waals surface area (Å²) in [6.45, 7) is 8.26. The lowest BCUT2D eigenvalue weighted by Gasteiger charge is -2.23. The van der Waals surface area contributed by atoms with Crippen LogP contribution in [0.2, 0.25) is 19.6 Å². The van der Waals surface area contributed by atoms with Crippen molar-refractivity contribution in [2.24, 2.45) is 0 Å². The minimum absolute atomic E-state index is 0.295. The monoisotopic (exact) mass is 362 g/mol. The van der Waals surface area contributed by atoms with Crippen molar-refractivity contribution in [2.75, 3.05) is 20.8 Å². The van der Waals surface area contributed by atoms with E-state index >= 15 is 0 Å². The molecule has 0 fully saturated rings. The lowest BCUT2D eigenvalue weighted by molar-refractivity contribution is -0.138. The molecule has 0 aliphatic rings. The molecule has 0 aliphatic heterocycles. The van der Waals surface area contributed by atoms with Gasteiger partial charge in [0.1, 0.15) is 5.75 Å². The summed E-state index contributed by atoms with van der Waals surface area (Å²) >= 11 is 0. The van der Waals surface area contributed by atoms with Gasteiger partial charge in [0.25, 0.3) is 0 Å². The molecule has 1 aromatic carbocycles. The van der Waals surface area contributed by atoms with Gasteiger partial charge in [0.15, 0.2) is 0 Å². The second-order valence-corrected chi connectivity index (χ2v) is 11.3. The zero-order valence-corrected chi connectivity index (χ0v) is 16.7.